The first-order chi connectivity index (χ1) is 12.7. The Morgan fingerprint density at radius 3 is 2.33 bits per heavy atom. The Bertz CT molecular complexity index is 867. The Hall–Kier alpha value is -1.77. The predicted octanol–water partition coefficient (Wildman–Crippen LogP) is 2.73. The Morgan fingerprint density at radius 2 is 1.78 bits per heavy atom. The topological polar surface area (TPSA) is 85.5 Å². The molecule has 0 saturated carbocycles. The second kappa shape index (κ2) is 7.69. The number of hydrogen-bond donors (Lipinski definition) is 0. The summed E-state index contributed by atoms with van der Waals surface area (Å²) in [5, 5.41) is 4.01. The Morgan fingerprint density at radius 1 is 1.15 bits per heavy atom. The minimum absolute atomic E-state index is 0.218. The third-order valence-corrected chi connectivity index (χ3v) is 6.75. The van der Waals surface area contributed by atoms with Crippen LogP contribution in [0.5, 0.6) is 0 Å². The SMILES string of the molecule is CC(C)c1noc(CC(C)(C)c2ccc(S(=O)(=O)N3CCOCC3)cc2)n1. The van der Waals surface area contributed by atoms with Gasteiger partial charge in [-0.1, -0.05) is 45.0 Å². The molecule has 1 saturated heterocycles. The van der Waals surface area contributed by atoms with Crippen molar-refractivity contribution in [1.82, 2.24) is 14.4 Å². The maximum Gasteiger partial charge on any atom is 0.243 e. The van der Waals surface area contributed by atoms with Crippen molar-refractivity contribution in [3.05, 3.63) is 41.5 Å². The third-order valence-electron chi connectivity index (χ3n) is 4.84. The van der Waals surface area contributed by atoms with Crippen molar-refractivity contribution >= 4 is 10.0 Å². The van der Waals surface area contributed by atoms with Crippen LogP contribution in [0.3, 0.4) is 0 Å². The van der Waals surface area contributed by atoms with Crippen molar-refractivity contribution in [3.63, 3.8) is 0 Å². The minimum Gasteiger partial charge on any atom is -0.379 e. The molecule has 1 aromatic heterocycles. The molecule has 3 rings (SSSR count). The average molecular weight is 394 g/mol. The molecular formula is C19H27N3O4S. The molecule has 1 aliphatic heterocycles. The second-order valence-corrected chi connectivity index (χ2v) is 9.74. The highest BCUT2D eigenvalue weighted by Gasteiger charge is 2.28. The summed E-state index contributed by atoms with van der Waals surface area (Å²) >= 11 is 0. The number of nitrogens with zero attached hydrogens (tertiary/aromatic N) is 3. The summed E-state index contributed by atoms with van der Waals surface area (Å²) in [5.74, 6) is 1.51. The fraction of sp³-hybridized carbons (Fsp3) is 0.579. The smallest absolute Gasteiger partial charge is 0.243 e. The van der Waals surface area contributed by atoms with Crippen molar-refractivity contribution in [2.24, 2.45) is 0 Å². The molecule has 2 aromatic rings. The molecule has 7 nitrogen and oxygen atoms in total. The van der Waals surface area contributed by atoms with Crippen LogP contribution >= 0.6 is 0 Å². The lowest BCUT2D eigenvalue weighted by molar-refractivity contribution is 0.0730. The number of rotatable bonds is 6. The van der Waals surface area contributed by atoms with Gasteiger partial charge in [-0.2, -0.15) is 9.29 Å². The monoisotopic (exact) mass is 393 g/mol. The van der Waals surface area contributed by atoms with Crippen LogP contribution in [-0.2, 0) is 26.6 Å². The lowest BCUT2D eigenvalue weighted by Gasteiger charge is -2.27. The van der Waals surface area contributed by atoms with Crippen molar-refractivity contribution in [2.75, 3.05) is 26.3 Å². The van der Waals surface area contributed by atoms with Crippen LogP contribution in [0.25, 0.3) is 0 Å². The van der Waals surface area contributed by atoms with Crippen LogP contribution in [0.1, 0.15) is 50.9 Å². The van der Waals surface area contributed by atoms with Gasteiger partial charge in [0.1, 0.15) is 0 Å². The van der Waals surface area contributed by atoms with Gasteiger partial charge in [0.05, 0.1) is 18.1 Å². The van der Waals surface area contributed by atoms with E-state index in [9.17, 15) is 8.42 Å². The normalized spacial score (nSPS) is 16.8. The number of morpholine rings is 1. The van der Waals surface area contributed by atoms with E-state index in [4.69, 9.17) is 9.26 Å². The van der Waals surface area contributed by atoms with Crippen LogP contribution < -0.4 is 0 Å². The molecule has 0 spiro atoms. The van der Waals surface area contributed by atoms with Gasteiger partial charge in [-0.3, -0.25) is 0 Å². The minimum atomic E-state index is -3.48. The lowest BCUT2D eigenvalue weighted by atomic mass is 9.81. The first-order valence-corrected chi connectivity index (χ1v) is 10.6. The highest BCUT2D eigenvalue weighted by Crippen LogP contribution is 2.29. The largest absolute Gasteiger partial charge is 0.379 e. The summed E-state index contributed by atoms with van der Waals surface area (Å²) in [6.45, 7) is 9.87. The molecule has 2 heterocycles. The summed E-state index contributed by atoms with van der Waals surface area (Å²) in [6.07, 6.45) is 0.586. The van der Waals surface area contributed by atoms with E-state index in [1.807, 2.05) is 26.0 Å². The molecule has 0 bridgehead atoms. The number of benzene rings is 1. The fourth-order valence-corrected chi connectivity index (χ4v) is 4.48. The number of ether oxygens (including phenoxy) is 1. The molecule has 27 heavy (non-hydrogen) atoms. The first kappa shape index (κ1) is 20.0. The maximum absolute atomic E-state index is 12.7. The van der Waals surface area contributed by atoms with Crippen molar-refractivity contribution < 1.29 is 17.7 Å². The summed E-state index contributed by atoms with van der Waals surface area (Å²) in [6, 6.07) is 7.09. The van der Waals surface area contributed by atoms with Gasteiger partial charge in [-0.25, -0.2) is 8.42 Å². The van der Waals surface area contributed by atoms with Gasteiger partial charge in [0.25, 0.3) is 0 Å². The van der Waals surface area contributed by atoms with Crippen LogP contribution in [0, 0.1) is 0 Å². The fourth-order valence-electron chi connectivity index (χ4n) is 3.07. The summed E-state index contributed by atoms with van der Waals surface area (Å²) in [5.41, 5.74) is 0.759. The molecule has 0 N–H and O–H groups in total. The lowest BCUT2D eigenvalue weighted by Crippen LogP contribution is -2.40. The zero-order chi connectivity index (χ0) is 19.7. The standard InChI is InChI=1S/C19H27N3O4S/c1-14(2)18-20-17(26-21-18)13-19(3,4)15-5-7-16(8-6-15)27(23,24)22-9-11-25-12-10-22/h5-8,14H,9-13H2,1-4H3. The van der Waals surface area contributed by atoms with Gasteiger partial charge in [-0.05, 0) is 23.1 Å². The van der Waals surface area contributed by atoms with E-state index in [2.05, 4.69) is 24.0 Å². The van der Waals surface area contributed by atoms with E-state index in [-0.39, 0.29) is 11.3 Å². The number of aromatic nitrogens is 2. The van der Waals surface area contributed by atoms with Crippen LogP contribution in [0.15, 0.2) is 33.7 Å². The van der Waals surface area contributed by atoms with Crippen LogP contribution in [-0.4, -0.2) is 49.2 Å². The average Bonchev–Trinajstić information content (AvgIpc) is 3.11. The van der Waals surface area contributed by atoms with Gasteiger partial charge in [0.2, 0.25) is 15.9 Å². The van der Waals surface area contributed by atoms with Gasteiger partial charge >= 0.3 is 0 Å². The molecule has 0 atom stereocenters. The van der Waals surface area contributed by atoms with E-state index in [1.165, 1.54) is 4.31 Å². The molecule has 1 aliphatic rings. The Labute approximate surface area is 160 Å². The molecular weight excluding hydrogens is 366 g/mol. The third kappa shape index (κ3) is 4.39. The summed E-state index contributed by atoms with van der Waals surface area (Å²) in [4.78, 5) is 4.76. The molecule has 0 aliphatic carbocycles. The Balaban J connectivity index is 1.76. The van der Waals surface area contributed by atoms with E-state index in [0.717, 1.165) is 5.56 Å². The van der Waals surface area contributed by atoms with E-state index >= 15 is 0 Å². The molecule has 8 heteroatoms. The van der Waals surface area contributed by atoms with E-state index in [0.29, 0.717) is 49.3 Å². The zero-order valence-corrected chi connectivity index (χ0v) is 17.1. The predicted molar refractivity (Wildman–Crippen MR) is 101 cm³/mol. The highest BCUT2D eigenvalue weighted by molar-refractivity contribution is 7.89. The summed E-state index contributed by atoms with van der Waals surface area (Å²) in [7, 11) is -3.48. The summed E-state index contributed by atoms with van der Waals surface area (Å²) < 4.78 is 37.6. The molecule has 0 unspecified atom stereocenters. The van der Waals surface area contributed by atoms with Crippen LogP contribution in [0.2, 0.25) is 0 Å². The number of hydrogen-bond acceptors (Lipinski definition) is 6. The molecule has 0 radical (unpaired) electrons. The van der Waals surface area contributed by atoms with Crippen molar-refractivity contribution in [1.29, 1.82) is 0 Å². The zero-order valence-electron chi connectivity index (χ0n) is 16.3. The molecule has 1 aromatic carbocycles. The Kier molecular flexibility index (Phi) is 5.69. The molecule has 148 valence electrons. The van der Waals surface area contributed by atoms with Crippen LogP contribution in [0.4, 0.5) is 0 Å². The quantitative estimate of drug-likeness (QED) is 0.750. The van der Waals surface area contributed by atoms with Gasteiger partial charge < -0.3 is 9.26 Å². The van der Waals surface area contributed by atoms with Gasteiger partial charge in [0.15, 0.2) is 5.82 Å². The van der Waals surface area contributed by atoms with E-state index < -0.39 is 10.0 Å². The van der Waals surface area contributed by atoms with E-state index in [1.54, 1.807) is 12.1 Å². The first-order valence-electron chi connectivity index (χ1n) is 9.21. The number of sulfonamides is 1. The maximum atomic E-state index is 12.7. The second-order valence-electron chi connectivity index (χ2n) is 7.80. The molecule has 1 fully saturated rings. The van der Waals surface area contributed by atoms with Crippen molar-refractivity contribution in [3.8, 4) is 0 Å². The highest BCUT2D eigenvalue weighted by atomic mass is 32.2. The molecule has 0 amide bonds. The van der Waals surface area contributed by atoms with Crippen molar-refractivity contribution in [2.45, 2.75) is 50.3 Å². The van der Waals surface area contributed by atoms with Gasteiger partial charge in [-0.15, -0.1) is 0 Å². The van der Waals surface area contributed by atoms with Gasteiger partial charge in [0, 0.05) is 25.4 Å².